The van der Waals surface area contributed by atoms with Gasteiger partial charge in [-0.1, -0.05) is 23.5 Å². The monoisotopic (exact) mass is 562 g/mol. The number of ketones is 1. The van der Waals surface area contributed by atoms with Crippen LogP contribution in [0.4, 0.5) is 5.13 Å². The highest BCUT2D eigenvalue weighted by Crippen LogP contribution is 2.44. The normalized spacial score (nSPS) is 19.4. The fourth-order valence-corrected chi connectivity index (χ4v) is 5.85. The molecule has 0 bridgehead atoms. The molecule has 206 valence electrons. The number of hydrogen-bond donors (Lipinski definition) is 1. The largest absolute Gasteiger partial charge is 0.507 e. The van der Waals surface area contributed by atoms with E-state index in [1.165, 1.54) is 24.1 Å². The van der Waals surface area contributed by atoms with Crippen LogP contribution in [0.5, 0.6) is 5.75 Å². The quantitative estimate of drug-likeness (QED) is 0.201. The van der Waals surface area contributed by atoms with Crippen LogP contribution in [-0.2, 0) is 25.5 Å². The molecule has 10 nitrogen and oxygen atoms in total. The van der Waals surface area contributed by atoms with Crippen molar-refractivity contribution in [3.63, 3.8) is 0 Å². The van der Waals surface area contributed by atoms with Crippen molar-refractivity contribution in [1.82, 2.24) is 4.98 Å². The van der Waals surface area contributed by atoms with Crippen molar-refractivity contribution in [2.75, 3.05) is 18.6 Å². The van der Waals surface area contributed by atoms with Crippen LogP contribution in [0.25, 0.3) is 5.76 Å². The average molecular weight is 563 g/mol. The highest BCUT2D eigenvalue weighted by Gasteiger charge is 2.48. The van der Waals surface area contributed by atoms with Crippen LogP contribution in [0.3, 0.4) is 0 Å². The molecule has 3 heterocycles. The van der Waals surface area contributed by atoms with E-state index in [2.05, 4.69) is 4.98 Å². The van der Waals surface area contributed by atoms with Gasteiger partial charge in [-0.2, -0.15) is 0 Å². The first-order valence-electron chi connectivity index (χ1n) is 12.6. The number of aryl methyl sites for hydroxylation is 1. The van der Waals surface area contributed by atoms with Crippen LogP contribution in [0.1, 0.15) is 62.3 Å². The van der Waals surface area contributed by atoms with Gasteiger partial charge in [0.25, 0.3) is 5.78 Å². The second-order valence-corrected chi connectivity index (χ2v) is 10.3. The lowest BCUT2D eigenvalue weighted by molar-refractivity contribution is -0.132. The van der Waals surface area contributed by atoms with Crippen LogP contribution in [0, 0.1) is 6.92 Å². The molecule has 0 aliphatic carbocycles. The van der Waals surface area contributed by atoms with Crippen molar-refractivity contribution >= 4 is 45.9 Å². The van der Waals surface area contributed by atoms with E-state index in [9.17, 15) is 24.3 Å². The molecule has 2 aliphatic heterocycles. The minimum absolute atomic E-state index is 0.0203. The molecule has 11 heteroatoms. The molecule has 2 aromatic carbocycles. The Morgan fingerprint density at radius 3 is 2.50 bits per heavy atom. The molecule has 0 spiro atoms. The van der Waals surface area contributed by atoms with Crippen molar-refractivity contribution in [1.29, 1.82) is 0 Å². The van der Waals surface area contributed by atoms with Crippen LogP contribution in [0.15, 0.2) is 48.0 Å². The Labute approximate surface area is 233 Å². The van der Waals surface area contributed by atoms with Crippen molar-refractivity contribution in [2.45, 2.75) is 39.3 Å². The van der Waals surface area contributed by atoms with E-state index in [1.807, 2.05) is 6.92 Å². The molecule has 1 aromatic heterocycles. The van der Waals surface area contributed by atoms with Gasteiger partial charge >= 0.3 is 17.8 Å². The van der Waals surface area contributed by atoms with Gasteiger partial charge < -0.3 is 19.3 Å². The summed E-state index contributed by atoms with van der Waals surface area (Å²) in [7, 11) is 1.26. The van der Waals surface area contributed by atoms with E-state index in [0.29, 0.717) is 29.0 Å². The lowest BCUT2D eigenvalue weighted by Gasteiger charge is -2.23. The number of carbonyl (C=O) groups is 4. The summed E-state index contributed by atoms with van der Waals surface area (Å²) in [5.41, 5.74) is 2.14. The molecule has 0 radical (unpaired) electrons. The summed E-state index contributed by atoms with van der Waals surface area (Å²) in [6.07, 6.45) is 0.617. The highest BCUT2D eigenvalue weighted by molar-refractivity contribution is 7.17. The Kier molecular flexibility index (Phi) is 7.16. The van der Waals surface area contributed by atoms with Gasteiger partial charge in [0.05, 0.1) is 36.6 Å². The van der Waals surface area contributed by atoms with Crippen molar-refractivity contribution in [3.8, 4) is 5.75 Å². The lowest BCUT2D eigenvalue weighted by atomic mass is 9.94. The van der Waals surface area contributed by atoms with Crippen LogP contribution < -0.4 is 9.64 Å². The number of fused-ring (bicyclic) bond motifs is 1. The molecule has 3 aromatic rings. The van der Waals surface area contributed by atoms with Gasteiger partial charge in [0.15, 0.2) is 5.13 Å². The van der Waals surface area contributed by atoms with Crippen molar-refractivity contribution in [3.05, 3.63) is 80.9 Å². The number of hydrogen-bond acceptors (Lipinski definition) is 10. The predicted octanol–water partition coefficient (Wildman–Crippen LogP) is 4.36. The lowest BCUT2D eigenvalue weighted by Crippen LogP contribution is -2.29. The second-order valence-electron chi connectivity index (χ2n) is 9.37. The maximum Gasteiger partial charge on any atom is 0.350 e. The van der Waals surface area contributed by atoms with E-state index in [0.717, 1.165) is 16.9 Å². The number of carbonyl (C=O) groups excluding carboxylic acids is 4. The highest BCUT2D eigenvalue weighted by atomic mass is 32.1. The molecule has 1 amide bonds. The first-order valence-corrected chi connectivity index (χ1v) is 13.4. The number of anilines is 1. The third-order valence-corrected chi connectivity index (χ3v) is 7.85. The molecule has 5 rings (SSSR count). The summed E-state index contributed by atoms with van der Waals surface area (Å²) >= 11 is 0.919. The van der Waals surface area contributed by atoms with Gasteiger partial charge in [-0.3, -0.25) is 14.5 Å². The number of methoxy groups -OCH3 is 1. The minimum Gasteiger partial charge on any atom is -0.507 e. The summed E-state index contributed by atoms with van der Waals surface area (Å²) in [4.78, 5) is 57.3. The number of aromatic nitrogens is 1. The number of ether oxygens (including phenoxy) is 3. The van der Waals surface area contributed by atoms with Gasteiger partial charge in [0.2, 0.25) is 0 Å². The molecule has 2 aliphatic rings. The standard InChI is InChI=1S/C29H26N2O8S/c1-5-38-28(36)25-15(3)30-29(40-25)31-22(16-6-8-17(9-7-16)27(35)37-4)21(24(33)26(31)34)23(32)18-10-11-20-19(13-18)12-14(2)39-20/h6-11,13-14,22,32H,5,12H2,1-4H3/b23-21-. The van der Waals surface area contributed by atoms with Crippen LogP contribution >= 0.6 is 11.3 Å². The molecule has 40 heavy (non-hydrogen) atoms. The SMILES string of the molecule is CCOC(=O)c1sc(N2C(=O)C(=O)/C(=C(\O)c3ccc4c(c3)CC(C)O4)C2c2ccc(C(=O)OC)cc2)nc1C. The van der Waals surface area contributed by atoms with Gasteiger partial charge in [0, 0.05) is 12.0 Å². The smallest absolute Gasteiger partial charge is 0.350 e. The van der Waals surface area contributed by atoms with Crippen LogP contribution in [0.2, 0.25) is 0 Å². The van der Waals surface area contributed by atoms with E-state index in [1.54, 1.807) is 44.2 Å². The third-order valence-electron chi connectivity index (χ3n) is 6.71. The first-order chi connectivity index (χ1) is 19.1. The summed E-state index contributed by atoms with van der Waals surface area (Å²) in [6, 6.07) is 10.2. The maximum atomic E-state index is 13.5. The van der Waals surface area contributed by atoms with Gasteiger partial charge in [-0.15, -0.1) is 0 Å². The number of nitrogens with zero attached hydrogens (tertiary/aromatic N) is 2. The van der Waals surface area contributed by atoms with Crippen molar-refractivity contribution < 1.29 is 38.5 Å². The molecular formula is C29H26N2O8S. The Morgan fingerprint density at radius 1 is 1.12 bits per heavy atom. The van der Waals surface area contributed by atoms with E-state index in [4.69, 9.17) is 14.2 Å². The topological polar surface area (TPSA) is 132 Å². The van der Waals surface area contributed by atoms with Crippen molar-refractivity contribution in [2.24, 2.45) is 0 Å². The first kappa shape index (κ1) is 27.1. The van der Waals surface area contributed by atoms with Crippen LogP contribution in [-0.4, -0.2) is 53.5 Å². The Hall–Kier alpha value is -4.51. The Balaban J connectivity index is 1.66. The number of Topliss-reactive ketones (excluding diaryl/α,β-unsaturated/α-hetero) is 1. The molecule has 1 fully saturated rings. The molecule has 0 saturated carbocycles. The third kappa shape index (κ3) is 4.62. The number of esters is 2. The maximum absolute atomic E-state index is 13.5. The number of aliphatic hydroxyl groups excluding tert-OH is 1. The molecule has 2 atom stereocenters. The van der Waals surface area contributed by atoms with E-state index < -0.39 is 29.7 Å². The Bertz CT molecular complexity index is 1570. The molecule has 1 saturated heterocycles. The molecular weight excluding hydrogens is 536 g/mol. The fraction of sp³-hybridized carbons (Fsp3) is 0.276. The fourth-order valence-electron chi connectivity index (χ4n) is 4.86. The molecule has 2 unspecified atom stereocenters. The summed E-state index contributed by atoms with van der Waals surface area (Å²) in [6.45, 7) is 5.38. The second kappa shape index (κ2) is 10.6. The minimum atomic E-state index is -1.09. The molecule has 1 N–H and O–H groups in total. The summed E-state index contributed by atoms with van der Waals surface area (Å²) in [5, 5.41) is 11.6. The number of amides is 1. The van der Waals surface area contributed by atoms with Gasteiger partial charge in [0.1, 0.15) is 22.5 Å². The van der Waals surface area contributed by atoms with Gasteiger partial charge in [-0.25, -0.2) is 14.6 Å². The zero-order chi connectivity index (χ0) is 28.7. The van der Waals surface area contributed by atoms with Gasteiger partial charge in [-0.05, 0) is 62.2 Å². The number of rotatable bonds is 6. The number of thiazole rings is 1. The van der Waals surface area contributed by atoms with E-state index >= 15 is 0 Å². The zero-order valence-corrected chi connectivity index (χ0v) is 23.0. The summed E-state index contributed by atoms with van der Waals surface area (Å²) < 4.78 is 15.6. The summed E-state index contributed by atoms with van der Waals surface area (Å²) in [5.74, 6) is -2.62. The average Bonchev–Trinajstić information content (AvgIpc) is 3.59. The Morgan fingerprint density at radius 2 is 1.82 bits per heavy atom. The van der Waals surface area contributed by atoms with E-state index in [-0.39, 0.29) is 39.6 Å². The number of benzene rings is 2. The zero-order valence-electron chi connectivity index (χ0n) is 22.2. The predicted molar refractivity (Wildman–Crippen MR) is 146 cm³/mol. The number of aliphatic hydroxyl groups is 1.